The fourth-order valence-corrected chi connectivity index (χ4v) is 1.63. The fourth-order valence-electron chi connectivity index (χ4n) is 1.44. The van der Waals surface area contributed by atoms with Gasteiger partial charge in [-0.05, 0) is 26.9 Å². The van der Waals surface area contributed by atoms with Gasteiger partial charge in [-0.25, -0.2) is 0 Å². The van der Waals surface area contributed by atoms with Crippen LogP contribution >= 0.6 is 11.6 Å². The van der Waals surface area contributed by atoms with E-state index in [1.165, 1.54) is 12.8 Å². The summed E-state index contributed by atoms with van der Waals surface area (Å²) in [6.07, 6.45) is 4.63. The Hall–Kier alpha value is 0.130. The summed E-state index contributed by atoms with van der Waals surface area (Å²) < 4.78 is 16.3. The minimum Gasteiger partial charge on any atom is -0.379 e. The molecule has 0 atom stereocenters. The van der Waals surface area contributed by atoms with E-state index in [0.717, 1.165) is 38.5 Å². The Balaban J connectivity index is 2.91. The maximum atomic E-state index is 5.60. The largest absolute Gasteiger partial charge is 0.379 e. The maximum absolute atomic E-state index is 5.60. The van der Waals surface area contributed by atoms with Crippen LogP contribution in [0, 0.1) is 0 Å². The van der Waals surface area contributed by atoms with Crippen molar-refractivity contribution in [2.45, 2.75) is 25.7 Å². The Morgan fingerprint density at radius 2 is 1.21 bits per heavy atom. The number of rotatable bonds is 15. The third-order valence-corrected chi connectivity index (χ3v) is 2.87. The predicted octanol–water partition coefficient (Wildman–Crippen LogP) is 2.40. The molecule has 0 rings (SSSR count). The average Bonchev–Trinajstić information content (AvgIpc) is 2.39. The van der Waals surface area contributed by atoms with Crippen molar-refractivity contribution in [3.05, 3.63) is 0 Å². The summed E-state index contributed by atoms with van der Waals surface area (Å²) in [7, 11) is 4.07. The molecule has 0 spiro atoms. The molecule has 0 saturated carbocycles. The number of alkyl halides is 1. The second kappa shape index (κ2) is 16.2. The van der Waals surface area contributed by atoms with Crippen LogP contribution in [-0.2, 0) is 14.2 Å². The number of ether oxygens (including phenoxy) is 3. The molecule has 0 aliphatic carbocycles. The number of hydrogen-bond acceptors (Lipinski definition) is 4. The molecular formula is C14H30ClNO3. The van der Waals surface area contributed by atoms with Crippen molar-refractivity contribution < 1.29 is 14.2 Å². The van der Waals surface area contributed by atoms with Crippen molar-refractivity contribution >= 4 is 11.6 Å². The number of hydrogen-bond donors (Lipinski definition) is 0. The van der Waals surface area contributed by atoms with Crippen LogP contribution in [0.25, 0.3) is 0 Å². The number of nitrogens with zero attached hydrogens (tertiary/aromatic N) is 1. The van der Waals surface area contributed by atoms with Crippen LogP contribution in [-0.4, -0.2) is 71.1 Å². The standard InChI is InChI=1S/C14H30ClNO3/c1-16(2)8-10-18-12-14-19-13-11-17-9-6-4-3-5-7-15/h3-14H2,1-2H3. The Kier molecular flexibility index (Phi) is 16.3. The first-order valence-corrected chi connectivity index (χ1v) is 7.74. The number of likely N-dealkylation sites (N-methyl/N-ethyl adjacent to an activating group) is 1. The van der Waals surface area contributed by atoms with Gasteiger partial charge >= 0.3 is 0 Å². The lowest BCUT2D eigenvalue weighted by atomic mass is 10.2. The molecule has 4 nitrogen and oxygen atoms in total. The van der Waals surface area contributed by atoms with Crippen molar-refractivity contribution in [2.24, 2.45) is 0 Å². The Bertz CT molecular complexity index is 171. The van der Waals surface area contributed by atoms with Gasteiger partial charge in [0.25, 0.3) is 0 Å². The minimum atomic E-state index is 0.645. The van der Waals surface area contributed by atoms with E-state index in [9.17, 15) is 0 Å². The summed E-state index contributed by atoms with van der Waals surface area (Å²) in [5.74, 6) is 0.769. The molecule has 0 unspecified atom stereocenters. The first kappa shape index (κ1) is 19.1. The summed E-state index contributed by atoms with van der Waals surface area (Å²) >= 11 is 5.60. The fraction of sp³-hybridized carbons (Fsp3) is 1.00. The maximum Gasteiger partial charge on any atom is 0.0701 e. The second-order valence-corrected chi connectivity index (χ2v) is 5.12. The lowest BCUT2D eigenvalue weighted by molar-refractivity contribution is 0.0118. The van der Waals surface area contributed by atoms with Gasteiger partial charge in [0, 0.05) is 19.0 Å². The van der Waals surface area contributed by atoms with Gasteiger partial charge in [0.1, 0.15) is 0 Å². The van der Waals surface area contributed by atoms with Crippen LogP contribution in [0.5, 0.6) is 0 Å². The molecule has 0 aromatic heterocycles. The molecule has 0 saturated heterocycles. The monoisotopic (exact) mass is 295 g/mol. The van der Waals surface area contributed by atoms with E-state index in [0.29, 0.717) is 26.4 Å². The normalized spacial score (nSPS) is 11.4. The molecule has 5 heteroatoms. The van der Waals surface area contributed by atoms with E-state index in [2.05, 4.69) is 4.90 Å². The smallest absolute Gasteiger partial charge is 0.0701 e. The highest BCUT2D eigenvalue weighted by atomic mass is 35.5. The highest BCUT2D eigenvalue weighted by molar-refractivity contribution is 6.17. The van der Waals surface area contributed by atoms with E-state index in [4.69, 9.17) is 25.8 Å². The molecule has 19 heavy (non-hydrogen) atoms. The number of unbranched alkanes of at least 4 members (excludes halogenated alkanes) is 3. The molecule has 0 radical (unpaired) electrons. The first-order valence-electron chi connectivity index (χ1n) is 7.21. The SMILES string of the molecule is CN(C)CCOCCOCCOCCCCCCCl. The van der Waals surface area contributed by atoms with Crippen LogP contribution in [0.3, 0.4) is 0 Å². The quantitative estimate of drug-likeness (QED) is 0.343. The van der Waals surface area contributed by atoms with E-state index in [1.807, 2.05) is 14.1 Å². The van der Waals surface area contributed by atoms with Crippen LogP contribution < -0.4 is 0 Å². The molecule has 116 valence electrons. The number of halogens is 1. The Morgan fingerprint density at radius 1 is 0.684 bits per heavy atom. The summed E-state index contributed by atoms with van der Waals surface area (Å²) in [4.78, 5) is 2.10. The Morgan fingerprint density at radius 3 is 1.79 bits per heavy atom. The summed E-state index contributed by atoms with van der Waals surface area (Å²) in [6.45, 7) is 5.16. The molecule has 0 bridgehead atoms. The van der Waals surface area contributed by atoms with Gasteiger partial charge < -0.3 is 19.1 Å². The van der Waals surface area contributed by atoms with Crippen molar-refractivity contribution in [3.63, 3.8) is 0 Å². The van der Waals surface area contributed by atoms with Crippen molar-refractivity contribution in [1.29, 1.82) is 0 Å². The summed E-state index contributed by atoms with van der Waals surface area (Å²) in [5.41, 5.74) is 0. The third kappa shape index (κ3) is 18.1. The zero-order valence-electron chi connectivity index (χ0n) is 12.5. The molecule has 0 amide bonds. The van der Waals surface area contributed by atoms with Crippen molar-refractivity contribution in [2.75, 3.05) is 66.2 Å². The average molecular weight is 296 g/mol. The van der Waals surface area contributed by atoms with Gasteiger partial charge in [0.2, 0.25) is 0 Å². The van der Waals surface area contributed by atoms with Crippen molar-refractivity contribution in [1.82, 2.24) is 4.90 Å². The highest BCUT2D eigenvalue weighted by Crippen LogP contribution is 2.00. The topological polar surface area (TPSA) is 30.9 Å². The zero-order valence-corrected chi connectivity index (χ0v) is 13.3. The minimum absolute atomic E-state index is 0.645. The van der Waals surface area contributed by atoms with Crippen LogP contribution in [0.15, 0.2) is 0 Å². The van der Waals surface area contributed by atoms with Crippen LogP contribution in [0.1, 0.15) is 25.7 Å². The van der Waals surface area contributed by atoms with Gasteiger partial charge in [-0.1, -0.05) is 12.8 Å². The lowest BCUT2D eigenvalue weighted by Gasteiger charge is -2.10. The van der Waals surface area contributed by atoms with E-state index in [1.54, 1.807) is 0 Å². The van der Waals surface area contributed by atoms with Gasteiger partial charge in [-0.2, -0.15) is 0 Å². The summed E-state index contributed by atoms with van der Waals surface area (Å²) in [6, 6.07) is 0. The molecule has 0 N–H and O–H groups in total. The molecule has 0 heterocycles. The van der Waals surface area contributed by atoms with Gasteiger partial charge in [0.05, 0.1) is 33.0 Å². The Labute approximate surface area is 123 Å². The van der Waals surface area contributed by atoms with E-state index < -0.39 is 0 Å². The van der Waals surface area contributed by atoms with Crippen LogP contribution in [0.2, 0.25) is 0 Å². The molecular weight excluding hydrogens is 266 g/mol. The summed E-state index contributed by atoms with van der Waals surface area (Å²) in [5, 5.41) is 0. The molecule has 0 aromatic carbocycles. The van der Waals surface area contributed by atoms with Crippen molar-refractivity contribution in [3.8, 4) is 0 Å². The molecule has 0 aromatic rings. The third-order valence-electron chi connectivity index (χ3n) is 2.60. The predicted molar refractivity (Wildman–Crippen MR) is 80.2 cm³/mol. The molecule has 0 aliphatic heterocycles. The second-order valence-electron chi connectivity index (χ2n) is 4.74. The van der Waals surface area contributed by atoms with E-state index in [-0.39, 0.29) is 0 Å². The van der Waals surface area contributed by atoms with E-state index >= 15 is 0 Å². The lowest BCUT2D eigenvalue weighted by Crippen LogP contribution is -2.19. The van der Waals surface area contributed by atoms with Gasteiger partial charge in [-0.3, -0.25) is 0 Å². The first-order chi connectivity index (χ1) is 9.27. The molecule has 0 fully saturated rings. The zero-order chi connectivity index (χ0) is 14.2. The molecule has 0 aliphatic rings. The highest BCUT2D eigenvalue weighted by Gasteiger charge is 1.93. The van der Waals surface area contributed by atoms with Gasteiger partial charge in [0.15, 0.2) is 0 Å². The van der Waals surface area contributed by atoms with Crippen LogP contribution in [0.4, 0.5) is 0 Å². The van der Waals surface area contributed by atoms with Gasteiger partial charge in [-0.15, -0.1) is 11.6 Å².